The van der Waals surface area contributed by atoms with E-state index in [-0.39, 0.29) is 18.5 Å². The summed E-state index contributed by atoms with van der Waals surface area (Å²) in [6.07, 6.45) is 0.917. The van der Waals surface area contributed by atoms with Crippen LogP contribution in [-0.4, -0.2) is 67.9 Å². The van der Waals surface area contributed by atoms with E-state index in [4.69, 9.17) is 9.47 Å². The summed E-state index contributed by atoms with van der Waals surface area (Å²) in [6, 6.07) is 0. The predicted molar refractivity (Wildman–Crippen MR) is 98.0 cm³/mol. The van der Waals surface area contributed by atoms with Crippen molar-refractivity contribution in [2.75, 3.05) is 56.1 Å². The van der Waals surface area contributed by atoms with Crippen LogP contribution in [0, 0.1) is 0 Å². The van der Waals surface area contributed by atoms with Crippen molar-refractivity contribution in [3.63, 3.8) is 0 Å². The van der Waals surface area contributed by atoms with Crippen molar-refractivity contribution in [1.82, 2.24) is 10.6 Å². The van der Waals surface area contributed by atoms with Crippen LogP contribution in [0.25, 0.3) is 0 Å². The van der Waals surface area contributed by atoms with E-state index in [1.54, 1.807) is 23.5 Å². The van der Waals surface area contributed by atoms with Crippen molar-refractivity contribution in [3.05, 3.63) is 0 Å². The number of amides is 2. The summed E-state index contributed by atoms with van der Waals surface area (Å²) >= 11 is 3.39. The van der Waals surface area contributed by atoms with Gasteiger partial charge in [0, 0.05) is 49.1 Å². The minimum atomic E-state index is -0.0414. The lowest BCUT2D eigenvalue weighted by molar-refractivity contribution is -0.122. The molecule has 6 nitrogen and oxygen atoms in total. The van der Waals surface area contributed by atoms with Crippen molar-refractivity contribution >= 4 is 35.3 Å². The maximum absolute atomic E-state index is 11.5. The van der Waals surface area contributed by atoms with Gasteiger partial charge in [-0.15, -0.1) is 0 Å². The Labute approximate surface area is 148 Å². The summed E-state index contributed by atoms with van der Waals surface area (Å²) in [6.45, 7) is 7.03. The number of ether oxygens (including phenoxy) is 2. The fourth-order valence-corrected chi connectivity index (χ4v) is 3.02. The molecule has 0 aliphatic heterocycles. The molecule has 0 atom stereocenters. The largest absolute Gasteiger partial charge is 0.381 e. The molecule has 0 heterocycles. The quantitative estimate of drug-likeness (QED) is 0.318. The highest BCUT2D eigenvalue weighted by molar-refractivity contribution is 7.99. The van der Waals surface area contributed by atoms with Crippen LogP contribution >= 0.6 is 23.5 Å². The highest BCUT2D eigenvalue weighted by atomic mass is 32.2. The first-order valence-corrected chi connectivity index (χ1v) is 10.4. The maximum Gasteiger partial charge on any atom is 0.222 e. The zero-order valence-electron chi connectivity index (χ0n) is 14.2. The van der Waals surface area contributed by atoms with E-state index >= 15 is 0 Å². The summed E-state index contributed by atoms with van der Waals surface area (Å²) < 4.78 is 10.4. The molecule has 136 valence electrons. The first kappa shape index (κ1) is 22.6. The Hall–Kier alpha value is -0.440. The normalized spacial score (nSPS) is 10.5. The van der Waals surface area contributed by atoms with Gasteiger partial charge in [-0.3, -0.25) is 9.59 Å². The lowest BCUT2D eigenvalue weighted by atomic mass is 10.4. The Kier molecular flexibility index (Phi) is 17.6. The van der Waals surface area contributed by atoms with Crippen LogP contribution in [0.3, 0.4) is 0 Å². The average molecular weight is 367 g/mol. The average Bonchev–Trinajstić information content (AvgIpc) is 2.54. The first-order valence-electron chi connectivity index (χ1n) is 8.05. The van der Waals surface area contributed by atoms with Crippen LogP contribution in [0.2, 0.25) is 0 Å². The van der Waals surface area contributed by atoms with Crippen LogP contribution in [0.15, 0.2) is 0 Å². The molecule has 0 spiro atoms. The van der Waals surface area contributed by atoms with Gasteiger partial charge in [0.15, 0.2) is 0 Å². The van der Waals surface area contributed by atoms with Gasteiger partial charge in [-0.2, -0.15) is 23.5 Å². The molecule has 0 aromatic rings. The lowest BCUT2D eigenvalue weighted by Crippen LogP contribution is -2.37. The van der Waals surface area contributed by atoms with Crippen LogP contribution in [-0.2, 0) is 19.1 Å². The van der Waals surface area contributed by atoms with Crippen LogP contribution in [0.5, 0.6) is 0 Å². The molecular weight excluding hydrogens is 336 g/mol. The van der Waals surface area contributed by atoms with E-state index in [0.29, 0.717) is 12.8 Å². The molecule has 0 aliphatic carbocycles. The smallest absolute Gasteiger partial charge is 0.222 e. The number of thioether (sulfide) groups is 2. The molecule has 0 aromatic heterocycles. The highest BCUT2D eigenvalue weighted by Gasteiger charge is 2.03. The van der Waals surface area contributed by atoms with Gasteiger partial charge in [0.2, 0.25) is 11.8 Å². The fraction of sp³-hybridized carbons (Fsp3) is 0.867. The van der Waals surface area contributed by atoms with E-state index in [2.05, 4.69) is 10.6 Å². The standard InChI is InChI=1S/C15H30N2O4S2/c1-3-20-7-11-22-9-5-14(18)16-13-17-15(19)6-10-23-12-8-21-4-2/h3-13H2,1-2H3,(H,16,18)(H,17,19). The monoisotopic (exact) mass is 366 g/mol. The molecule has 2 N–H and O–H groups in total. The molecule has 0 fully saturated rings. The minimum absolute atomic E-state index is 0.0414. The molecule has 0 unspecified atom stereocenters. The second-order valence-electron chi connectivity index (χ2n) is 4.50. The van der Waals surface area contributed by atoms with E-state index < -0.39 is 0 Å². The van der Waals surface area contributed by atoms with Crippen molar-refractivity contribution in [1.29, 1.82) is 0 Å². The Morgan fingerprint density at radius 2 is 1.22 bits per heavy atom. The SMILES string of the molecule is CCOCCSCCC(=O)NCNC(=O)CCSCCOCC. The minimum Gasteiger partial charge on any atom is -0.381 e. The zero-order valence-corrected chi connectivity index (χ0v) is 15.9. The lowest BCUT2D eigenvalue weighted by Gasteiger charge is -2.07. The number of rotatable bonds is 16. The molecule has 23 heavy (non-hydrogen) atoms. The van der Waals surface area contributed by atoms with Gasteiger partial charge in [0.1, 0.15) is 0 Å². The summed E-state index contributed by atoms with van der Waals surface area (Å²) in [4.78, 5) is 23.1. The van der Waals surface area contributed by atoms with Crippen molar-refractivity contribution in [2.24, 2.45) is 0 Å². The van der Waals surface area contributed by atoms with E-state index in [9.17, 15) is 9.59 Å². The Morgan fingerprint density at radius 1 is 0.783 bits per heavy atom. The van der Waals surface area contributed by atoms with Gasteiger partial charge in [-0.1, -0.05) is 0 Å². The van der Waals surface area contributed by atoms with E-state index in [1.807, 2.05) is 13.8 Å². The number of hydrogen-bond donors (Lipinski definition) is 2. The van der Waals surface area contributed by atoms with Crippen LogP contribution in [0.4, 0.5) is 0 Å². The second kappa shape index (κ2) is 17.9. The fourth-order valence-electron chi connectivity index (χ4n) is 1.48. The number of nitrogens with one attached hydrogen (secondary N) is 2. The van der Waals surface area contributed by atoms with Gasteiger partial charge in [0.25, 0.3) is 0 Å². The molecular formula is C15H30N2O4S2. The maximum atomic E-state index is 11.5. The van der Waals surface area contributed by atoms with E-state index in [1.165, 1.54) is 0 Å². The van der Waals surface area contributed by atoms with Gasteiger partial charge in [-0.05, 0) is 13.8 Å². The van der Waals surface area contributed by atoms with Gasteiger partial charge < -0.3 is 20.1 Å². The van der Waals surface area contributed by atoms with Crippen molar-refractivity contribution in [3.8, 4) is 0 Å². The molecule has 2 amide bonds. The van der Waals surface area contributed by atoms with Crippen LogP contribution in [0.1, 0.15) is 26.7 Å². The van der Waals surface area contributed by atoms with Gasteiger partial charge >= 0.3 is 0 Å². The van der Waals surface area contributed by atoms with E-state index in [0.717, 1.165) is 49.4 Å². The summed E-state index contributed by atoms with van der Waals surface area (Å²) in [5.74, 6) is 3.25. The third kappa shape index (κ3) is 17.7. The molecule has 0 aliphatic rings. The first-order chi connectivity index (χ1) is 11.2. The van der Waals surface area contributed by atoms with Crippen molar-refractivity contribution in [2.45, 2.75) is 26.7 Å². The summed E-state index contributed by atoms with van der Waals surface area (Å²) in [7, 11) is 0. The number of hydrogen-bond acceptors (Lipinski definition) is 6. The Bertz CT molecular complexity index is 279. The third-order valence-corrected chi connectivity index (χ3v) is 4.57. The number of carbonyl (C=O) groups excluding carboxylic acids is 2. The highest BCUT2D eigenvalue weighted by Crippen LogP contribution is 2.02. The Balaban J connectivity index is 3.33. The molecule has 0 aromatic carbocycles. The molecule has 0 radical (unpaired) electrons. The third-order valence-electron chi connectivity index (χ3n) is 2.67. The molecule has 0 rings (SSSR count). The molecule has 8 heteroatoms. The molecule has 0 saturated carbocycles. The Morgan fingerprint density at radius 3 is 1.61 bits per heavy atom. The van der Waals surface area contributed by atoms with Crippen LogP contribution < -0.4 is 10.6 Å². The van der Waals surface area contributed by atoms with Crippen molar-refractivity contribution < 1.29 is 19.1 Å². The predicted octanol–water partition coefficient (Wildman–Crippen LogP) is 1.50. The second-order valence-corrected chi connectivity index (χ2v) is 6.94. The topological polar surface area (TPSA) is 76.7 Å². The van der Waals surface area contributed by atoms with Gasteiger partial charge in [-0.25, -0.2) is 0 Å². The molecule has 0 bridgehead atoms. The summed E-state index contributed by atoms with van der Waals surface area (Å²) in [5.41, 5.74) is 0. The number of carbonyl (C=O) groups is 2. The van der Waals surface area contributed by atoms with Gasteiger partial charge in [0.05, 0.1) is 19.9 Å². The molecule has 0 saturated heterocycles. The summed E-state index contributed by atoms with van der Waals surface area (Å²) in [5, 5.41) is 5.38. The zero-order chi connectivity index (χ0) is 17.2.